The Morgan fingerprint density at radius 3 is 2.88 bits per heavy atom. The Hall–Kier alpha value is -2.12. The van der Waals surface area contributed by atoms with Crippen LogP contribution in [0.3, 0.4) is 0 Å². The Balaban J connectivity index is 1.54. The van der Waals surface area contributed by atoms with Gasteiger partial charge in [-0.2, -0.15) is 0 Å². The first-order valence-electron chi connectivity index (χ1n) is 9.37. The lowest BCUT2D eigenvalue weighted by Crippen LogP contribution is -2.41. The van der Waals surface area contributed by atoms with E-state index in [-0.39, 0.29) is 5.91 Å². The lowest BCUT2D eigenvalue weighted by molar-refractivity contribution is -0.143. The zero-order valence-electron chi connectivity index (χ0n) is 15.6. The molecule has 2 aromatic rings. The molecule has 0 saturated carbocycles. The first-order chi connectivity index (χ1) is 12.7. The molecule has 0 spiro atoms. The van der Waals surface area contributed by atoms with E-state index in [1.807, 2.05) is 43.0 Å². The second-order valence-electron chi connectivity index (χ2n) is 6.45. The number of carbonyl (C=O) groups is 1. The van der Waals surface area contributed by atoms with Crippen LogP contribution < -0.4 is 4.90 Å². The molecule has 0 radical (unpaired) electrons. The molecule has 1 aliphatic rings. The normalized spacial score (nSPS) is 16.7. The van der Waals surface area contributed by atoms with Crippen molar-refractivity contribution >= 4 is 22.9 Å². The first-order valence-corrected chi connectivity index (χ1v) is 9.37. The van der Waals surface area contributed by atoms with Crippen molar-refractivity contribution in [3.63, 3.8) is 0 Å². The summed E-state index contributed by atoms with van der Waals surface area (Å²) in [6.07, 6.45) is 0.474. The number of hydrogen-bond donors (Lipinski definition) is 1. The number of H-pyrrole nitrogens is 1. The standard InChI is InChI=1S/C19H28N4O3/c1-3-25-13-14-26-15(2)18(24)22-9-6-10-23(12-11-22)19-20-16-7-4-5-8-17(16)21-19/h4-5,7-8,15H,3,6,9-14H2,1-2H3,(H,20,21). The first kappa shape index (κ1) is 18.7. The number of para-hydroxylation sites is 2. The molecule has 3 rings (SSSR count). The van der Waals surface area contributed by atoms with Crippen molar-refractivity contribution in [2.45, 2.75) is 26.4 Å². The van der Waals surface area contributed by atoms with E-state index in [4.69, 9.17) is 9.47 Å². The van der Waals surface area contributed by atoms with Crippen molar-refractivity contribution < 1.29 is 14.3 Å². The lowest BCUT2D eigenvalue weighted by atomic mass is 10.3. The maximum absolute atomic E-state index is 12.6. The average molecular weight is 360 g/mol. The minimum absolute atomic E-state index is 0.0490. The molecule has 26 heavy (non-hydrogen) atoms. The highest BCUT2D eigenvalue weighted by Gasteiger charge is 2.24. The minimum Gasteiger partial charge on any atom is -0.379 e. The predicted octanol–water partition coefficient (Wildman–Crippen LogP) is 2.04. The summed E-state index contributed by atoms with van der Waals surface area (Å²) in [7, 11) is 0. The van der Waals surface area contributed by atoms with E-state index in [0.29, 0.717) is 26.4 Å². The summed E-state index contributed by atoms with van der Waals surface area (Å²) >= 11 is 0. The van der Waals surface area contributed by atoms with Gasteiger partial charge in [0, 0.05) is 32.8 Å². The molecular weight excluding hydrogens is 332 g/mol. The van der Waals surface area contributed by atoms with Gasteiger partial charge in [-0.15, -0.1) is 0 Å². The van der Waals surface area contributed by atoms with Gasteiger partial charge in [0.1, 0.15) is 6.10 Å². The predicted molar refractivity (Wildman–Crippen MR) is 101 cm³/mol. The Labute approximate surface area is 154 Å². The van der Waals surface area contributed by atoms with E-state index in [1.54, 1.807) is 0 Å². The summed E-state index contributed by atoms with van der Waals surface area (Å²) in [6.45, 7) is 8.45. The minimum atomic E-state index is -0.437. The van der Waals surface area contributed by atoms with Crippen LogP contribution in [0.2, 0.25) is 0 Å². The maximum Gasteiger partial charge on any atom is 0.251 e. The van der Waals surface area contributed by atoms with Crippen molar-refractivity contribution in [3.05, 3.63) is 24.3 Å². The molecule has 7 heteroatoms. The van der Waals surface area contributed by atoms with Gasteiger partial charge in [-0.25, -0.2) is 4.98 Å². The van der Waals surface area contributed by atoms with Crippen molar-refractivity contribution in [2.24, 2.45) is 0 Å². The number of ether oxygens (including phenoxy) is 2. The lowest BCUT2D eigenvalue weighted by Gasteiger charge is -2.24. The van der Waals surface area contributed by atoms with E-state index in [1.165, 1.54) is 0 Å². The quantitative estimate of drug-likeness (QED) is 0.765. The van der Waals surface area contributed by atoms with E-state index in [9.17, 15) is 4.79 Å². The van der Waals surface area contributed by atoms with Crippen LogP contribution in [0.15, 0.2) is 24.3 Å². The van der Waals surface area contributed by atoms with E-state index in [0.717, 1.165) is 43.0 Å². The summed E-state index contributed by atoms with van der Waals surface area (Å²) in [5.41, 5.74) is 2.01. The third-order valence-electron chi connectivity index (χ3n) is 4.63. The van der Waals surface area contributed by atoms with Gasteiger partial charge >= 0.3 is 0 Å². The molecule has 1 saturated heterocycles. The highest BCUT2D eigenvalue weighted by Crippen LogP contribution is 2.18. The van der Waals surface area contributed by atoms with Crippen LogP contribution in [-0.4, -0.2) is 72.9 Å². The third-order valence-corrected chi connectivity index (χ3v) is 4.63. The molecule has 0 bridgehead atoms. The van der Waals surface area contributed by atoms with Gasteiger partial charge in [-0.1, -0.05) is 12.1 Å². The van der Waals surface area contributed by atoms with Gasteiger partial charge in [0.15, 0.2) is 0 Å². The number of fused-ring (bicyclic) bond motifs is 1. The number of anilines is 1. The van der Waals surface area contributed by atoms with Gasteiger partial charge in [-0.3, -0.25) is 4.79 Å². The van der Waals surface area contributed by atoms with Gasteiger partial charge < -0.3 is 24.3 Å². The second kappa shape index (κ2) is 9.00. The summed E-state index contributed by atoms with van der Waals surface area (Å²) in [6, 6.07) is 8.02. The molecule has 1 atom stereocenters. The molecule has 2 heterocycles. The summed E-state index contributed by atoms with van der Waals surface area (Å²) in [5, 5.41) is 0. The molecule has 7 nitrogen and oxygen atoms in total. The van der Waals surface area contributed by atoms with Crippen LogP contribution in [0, 0.1) is 0 Å². The largest absolute Gasteiger partial charge is 0.379 e. The molecule has 1 aromatic heterocycles. The Bertz CT molecular complexity index is 685. The number of aromatic amines is 1. The van der Waals surface area contributed by atoms with Crippen LogP contribution >= 0.6 is 0 Å². The molecule has 142 valence electrons. The van der Waals surface area contributed by atoms with E-state index < -0.39 is 6.10 Å². The highest BCUT2D eigenvalue weighted by atomic mass is 16.5. The summed E-state index contributed by atoms with van der Waals surface area (Å²) in [4.78, 5) is 24.8. The van der Waals surface area contributed by atoms with Crippen molar-refractivity contribution in [1.82, 2.24) is 14.9 Å². The van der Waals surface area contributed by atoms with E-state index in [2.05, 4.69) is 14.9 Å². The second-order valence-corrected chi connectivity index (χ2v) is 6.45. The number of nitrogens with zero attached hydrogens (tertiary/aromatic N) is 3. The number of carbonyl (C=O) groups excluding carboxylic acids is 1. The van der Waals surface area contributed by atoms with E-state index >= 15 is 0 Å². The van der Waals surface area contributed by atoms with Gasteiger partial charge in [0.05, 0.1) is 24.2 Å². The summed E-state index contributed by atoms with van der Waals surface area (Å²) in [5.74, 6) is 0.925. The number of benzene rings is 1. The van der Waals surface area contributed by atoms with Crippen molar-refractivity contribution in [3.8, 4) is 0 Å². The highest BCUT2D eigenvalue weighted by molar-refractivity contribution is 5.80. The molecular formula is C19H28N4O3. The Morgan fingerprint density at radius 2 is 2.08 bits per heavy atom. The number of amides is 1. The molecule has 1 unspecified atom stereocenters. The molecule has 1 aliphatic heterocycles. The Kier molecular flexibility index (Phi) is 6.46. The van der Waals surface area contributed by atoms with Gasteiger partial charge in [0.2, 0.25) is 5.95 Å². The van der Waals surface area contributed by atoms with Crippen molar-refractivity contribution in [2.75, 3.05) is 50.9 Å². The molecule has 1 amide bonds. The number of hydrogen-bond acceptors (Lipinski definition) is 5. The third kappa shape index (κ3) is 4.53. The monoisotopic (exact) mass is 360 g/mol. The number of imidazole rings is 1. The van der Waals surface area contributed by atoms with Crippen LogP contribution in [0.1, 0.15) is 20.3 Å². The summed E-state index contributed by atoms with van der Waals surface area (Å²) < 4.78 is 10.9. The molecule has 1 N–H and O–H groups in total. The fourth-order valence-corrected chi connectivity index (χ4v) is 3.20. The molecule has 0 aliphatic carbocycles. The smallest absolute Gasteiger partial charge is 0.251 e. The van der Waals surface area contributed by atoms with Crippen LogP contribution in [0.5, 0.6) is 0 Å². The fraction of sp³-hybridized carbons (Fsp3) is 0.579. The van der Waals surface area contributed by atoms with Crippen molar-refractivity contribution in [1.29, 1.82) is 0 Å². The maximum atomic E-state index is 12.6. The molecule has 1 fully saturated rings. The number of nitrogens with one attached hydrogen (secondary N) is 1. The van der Waals surface area contributed by atoms with Crippen LogP contribution in [0.25, 0.3) is 11.0 Å². The van der Waals surface area contributed by atoms with Gasteiger partial charge in [0.25, 0.3) is 5.91 Å². The van der Waals surface area contributed by atoms with Crippen LogP contribution in [-0.2, 0) is 14.3 Å². The number of rotatable bonds is 7. The number of aromatic nitrogens is 2. The van der Waals surface area contributed by atoms with Crippen LogP contribution in [0.4, 0.5) is 5.95 Å². The molecule has 1 aromatic carbocycles. The zero-order valence-corrected chi connectivity index (χ0v) is 15.6. The average Bonchev–Trinajstić information content (AvgIpc) is 2.94. The fourth-order valence-electron chi connectivity index (χ4n) is 3.20. The Morgan fingerprint density at radius 1 is 1.23 bits per heavy atom. The zero-order chi connectivity index (χ0) is 18.4. The topological polar surface area (TPSA) is 70.7 Å². The van der Waals surface area contributed by atoms with Gasteiger partial charge in [-0.05, 0) is 32.4 Å². The SMILES string of the molecule is CCOCCOC(C)C(=O)N1CCCN(c2nc3ccccc3[nH]2)CC1.